The molecule has 4 heteroatoms. The monoisotopic (exact) mass is 1250 g/mol. The van der Waals surface area contributed by atoms with Crippen LogP contribution in [-0.4, -0.2) is 11.4 Å². The molecule has 0 saturated heterocycles. The van der Waals surface area contributed by atoms with Crippen molar-refractivity contribution in [2.24, 2.45) is 5.92 Å². The van der Waals surface area contributed by atoms with Crippen LogP contribution in [0.3, 0.4) is 0 Å². The van der Waals surface area contributed by atoms with Crippen LogP contribution in [0.15, 0.2) is 350 Å². The highest BCUT2D eigenvalue weighted by atomic mass is 15.2. The number of anilines is 3. The van der Waals surface area contributed by atoms with Gasteiger partial charge in [-0.2, -0.15) is 0 Å². The van der Waals surface area contributed by atoms with Crippen molar-refractivity contribution in [3.63, 3.8) is 0 Å². The zero-order chi connectivity index (χ0) is 69.9. The van der Waals surface area contributed by atoms with Gasteiger partial charge >= 0.3 is 0 Å². The van der Waals surface area contributed by atoms with E-state index >= 15 is 0 Å². The molecular formula is C90H116N4. The number of aryl methyl sites for hydroxylation is 2. The van der Waals surface area contributed by atoms with Gasteiger partial charge in [0.05, 0.1) is 11.4 Å². The van der Waals surface area contributed by atoms with Crippen molar-refractivity contribution < 1.29 is 0 Å². The van der Waals surface area contributed by atoms with Crippen molar-refractivity contribution >= 4 is 29.2 Å². The number of allylic oxidation sites excluding steroid dienone is 30. The fourth-order valence-electron chi connectivity index (χ4n) is 9.71. The molecule has 2 N–H and O–H groups in total. The molecule has 0 radical (unpaired) electrons. The molecular weight excluding hydrogens is 1140 g/mol. The first-order chi connectivity index (χ1) is 45.9. The molecule has 0 fully saturated rings. The van der Waals surface area contributed by atoms with E-state index in [1.807, 2.05) is 72.8 Å². The Bertz CT molecular complexity index is 3590. The van der Waals surface area contributed by atoms with E-state index in [0.717, 1.165) is 97.0 Å². The van der Waals surface area contributed by atoms with Crippen molar-refractivity contribution in [1.29, 1.82) is 0 Å². The fraction of sp³-hybridized carbons (Fsp3) is 0.256. The molecule has 4 nitrogen and oxygen atoms in total. The van der Waals surface area contributed by atoms with Gasteiger partial charge in [-0.15, -0.1) is 18.9 Å². The minimum atomic E-state index is 0.534. The largest absolute Gasteiger partial charge is 0.381 e. The van der Waals surface area contributed by atoms with Gasteiger partial charge in [0.2, 0.25) is 0 Å². The first kappa shape index (κ1) is 82.4. The molecule has 0 spiro atoms. The molecule has 0 amide bonds. The first-order valence-corrected chi connectivity index (χ1v) is 34.0. The van der Waals surface area contributed by atoms with Crippen molar-refractivity contribution in [1.82, 2.24) is 10.2 Å². The summed E-state index contributed by atoms with van der Waals surface area (Å²) in [5.41, 5.74) is 20.5. The summed E-state index contributed by atoms with van der Waals surface area (Å²) in [6.45, 7) is 54.8. The zero-order valence-corrected chi connectivity index (χ0v) is 60.4. The third kappa shape index (κ3) is 29.3. The fourth-order valence-corrected chi connectivity index (χ4v) is 9.71. The average molecular weight is 1250 g/mol. The van der Waals surface area contributed by atoms with Gasteiger partial charge < -0.3 is 20.4 Å². The number of nitrogens with zero attached hydrogens (tertiary/aromatic N) is 2. The predicted molar refractivity (Wildman–Crippen MR) is 426 cm³/mol. The molecule has 496 valence electrons. The molecule has 0 saturated carbocycles. The third-order valence-corrected chi connectivity index (χ3v) is 14.1. The minimum absolute atomic E-state index is 0.534. The van der Waals surface area contributed by atoms with E-state index in [0.29, 0.717) is 13.0 Å². The van der Waals surface area contributed by atoms with Crippen LogP contribution in [0.5, 0.6) is 0 Å². The summed E-state index contributed by atoms with van der Waals surface area (Å²) in [4.78, 5) is 4.52. The highest BCUT2D eigenvalue weighted by Gasteiger charge is 2.23. The molecule has 7 rings (SSSR count). The number of hydrogen-bond donors (Lipinski definition) is 2. The van der Waals surface area contributed by atoms with E-state index in [4.69, 9.17) is 6.58 Å². The molecule has 94 heavy (non-hydrogen) atoms. The lowest BCUT2D eigenvalue weighted by Gasteiger charge is -2.31. The number of benzene rings is 3. The summed E-state index contributed by atoms with van der Waals surface area (Å²) < 4.78 is 0. The lowest BCUT2D eigenvalue weighted by molar-refractivity contribution is 0.570. The normalized spacial score (nSPS) is 16.2. The van der Waals surface area contributed by atoms with Crippen molar-refractivity contribution in [2.45, 2.75) is 142 Å². The van der Waals surface area contributed by atoms with Crippen molar-refractivity contribution in [3.05, 3.63) is 372 Å². The summed E-state index contributed by atoms with van der Waals surface area (Å²) >= 11 is 0. The Balaban J connectivity index is 0.00000157. The summed E-state index contributed by atoms with van der Waals surface area (Å²) in [5.74, 6) is 0.762. The van der Waals surface area contributed by atoms with Gasteiger partial charge in [0.1, 0.15) is 0 Å². The number of hydrogen-bond acceptors (Lipinski definition) is 4. The Morgan fingerprint density at radius 1 is 0.755 bits per heavy atom. The standard InChI is InChI=1S/C66H68N4.C13H18.C3H8.3C2H6.C2H4/c1-10-15-17-30-56(68-57-41-36-51(7)37-42-57)46-47-67-64(33-24-48-69(59-43-38-52(8)39-44-59)65-35-23-29-54(12-3)62(65)25-11-2)61(14-5)53(9)49-58(13-4)70(60-31-22-26-50(6)40-45-60)66-34-21-20-28-55-27-18-16-19-32-63(55)66;1-3-4-9-13-10-7-5-6-8-12(2)11-13;1-3-2;4*1-2/h10-18,21-25,27-29,31-46,48-49,67-68H,1-2,4,9,19,26,30,47H2,3,5-8H3;3-7,9-10,12H,8,11H2,1-2H3;3H2,1-2H3;3*1-2H3;1-2H2/b17-15-,48-24+,54-12-,56-46+,58-49+,61-14-,62-25+,64-33+;4-3-,6-5?,10-7-,13-9-;;;;;. The van der Waals surface area contributed by atoms with Gasteiger partial charge in [0.15, 0.2) is 0 Å². The van der Waals surface area contributed by atoms with Gasteiger partial charge in [-0.3, -0.25) is 0 Å². The SMILES string of the molecule is C=C.C=C/C=C\C/C(=C\CNC(=C/C=C/N(c1ccc(C)cc1)c1cccc(=C/C)/c1=C\C=C)/C(=C\C)C(=C)/C=C(\C=C)N(C1=CC=C(C)CC=C1)C1=CC=C=CC2=CC=CCC=C21)Nc1ccc(C)cc1.CC.CC.CC.CCC.C\C=C/C=C1/C=C\C=CCC(C)C1. The summed E-state index contributed by atoms with van der Waals surface area (Å²) in [6.07, 6.45) is 71.6. The molecule has 4 aliphatic rings. The molecule has 0 heterocycles. The van der Waals surface area contributed by atoms with E-state index < -0.39 is 0 Å². The van der Waals surface area contributed by atoms with Crippen molar-refractivity contribution in [2.75, 3.05) is 16.8 Å². The Morgan fingerprint density at radius 2 is 1.46 bits per heavy atom. The molecule has 0 aliphatic heterocycles. The van der Waals surface area contributed by atoms with Crippen LogP contribution >= 0.6 is 0 Å². The van der Waals surface area contributed by atoms with Gasteiger partial charge in [-0.05, 0) is 186 Å². The van der Waals surface area contributed by atoms with Crippen LogP contribution in [0.25, 0.3) is 12.2 Å². The van der Waals surface area contributed by atoms with Crippen LogP contribution in [0.1, 0.15) is 140 Å². The van der Waals surface area contributed by atoms with Crippen LogP contribution in [-0.2, 0) is 0 Å². The van der Waals surface area contributed by atoms with E-state index in [1.54, 1.807) is 6.08 Å². The highest BCUT2D eigenvalue weighted by Crippen LogP contribution is 2.36. The molecule has 4 aliphatic carbocycles. The van der Waals surface area contributed by atoms with Gasteiger partial charge in [-0.1, -0.05) is 270 Å². The van der Waals surface area contributed by atoms with E-state index in [1.165, 1.54) is 41.5 Å². The molecule has 3 aromatic carbocycles. The van der Waals surface area contributed by atoms with Gasteiger partial charge in [0, 0.05) is 69.7 Å². The van der Waals surface area contributed by atoms with Crippen LogP contribution in [0.4, 0.5) is 17.1 Å². The highest BCUT2D eigenvalue weighted by molar-refractivity contribution is 5.69. The first-order valence-electron chi connectivity index (χ1n) is 34.0. The summed E-state index contributed by atoms with van der Waals surface area (Å²) in [6, 6.07) is 23.5. The Hall–Kier alpha value is -9.60. The van der Waals surface area contributed by atoms with E-state index in [9.17, 15) is 0 Å². The van der Waals surface area contributed by atoms with Gasteiger partial charge in [0.25, 0.3) is 0 Å². The average Bonchev–Trinajstić information content (AvgIpc) is 1.31. The number of fused-ring (bicyclic) bond motifs is 1. The molecule has 1 unspecified atom stereocenters. The smallest absolute Gasteiger partial charge is 0.0543 e. The summed E-state index contributed by atoms with van der Waals surface area (Å²) in [7, 11) is 0. The van der Waals surface area contributed by atoms with Crippen molar-refractivity contribution in [3.8, 4) is 0 Å². The maximum absolute atomic E-state index is 4.78. The topological polar surface area (TPSA) is 30.5 Å². The summed E-state index contributed by atoms with van der Waals surface area (Å²) in [5, 5.41) is 9.69. The quantitative estimate of drug-likeness (QED) is 0.0632. The maximum atomic E-state index is 4.78. The second kappa shape index (κ2) is 51.0. The molecule has 0 aromatic heterocycles. The lowest BCUT2D eigenvalue weighted by Crippen LogP contribution is -2.30. The minimum Gasteiger partial charge on any atom is -0.381 e. The second-order valence-corrected chi connectivity index (χ2v) is 21.4. The van der Waals surface area contributed by atoms with Crippen LogP contribution < -0.4 is 26.0 Å². The van der Waals surface area contributed by atoms with Crippen LogP contribution in [0.2, 0.25) is 0 Å². The zero-order valence-electron chi connectivity index (χ0n) is 60.4. The molecule has 1 atom stereocenters. The lowest BCUT2D eigenvalue weighted by atomic mass is 9.95. The second-order valence-electron chi connectivity index (χ2n) is 21.4. The number of nitrogens with one attached hydrogen (secondary N) is 2. The Labute approximate surface area is 573 Å². The molecule has 3 aromatic rings. The van der Waals surface area contributed by atoms with E-state index in [-0.39, 0.29) is 0 Å². The maximum Gasteiger partial charge on any atom is 0.0543 e. The number of rotatable bonds is 21. The van der Waals surface area contributed by atoms with Crippen LogP contribution in [0, 0.1) is 19.8 Å². The Kier molecular flexibility index (Phi) is 44.7. The predicted octanol–water partition coefficient (Wildman–Crippen LogP) is 24.7. The van der Waals surface area contributed by atoms with E-state index in [2.05, 4.69) is 339 Å². The third-order valence-electron chi connectivity index (χ3n) is 14.1. The molecule has 0 bridgehead atoms. The van der Waals surface area contributed by atoms with Gasteiger partial charge in [-0.25, -0.2) is 0 Å². The Morgan fingerprint density at radius 3 is 2.11 bits per heavy atom.